The van der Waals surface area contributed by atoms with Crippen LogP contribution in [0, 0.1) is 29.1 Å². The summed E-state index contributed by atoms with van der Waals surface area (Å²) in [5, 5.41) is 3.72. The molecule has 116 valence electrons. The Bertz CT molecular complexity index is 736. The summed E-state index contributed by atoms with van der Waals surface area (Å²) >= 11 is 11.6. The van der Waals surface area contributed by atoms with E-state index >= 15 is 0 Å². The van der Waals surface area contributed by atoms with Crippen molar-refractivity contribution in [1.82, 2.24) is 0 Å². The summed E-state index contributed by atoms with van der Waals surface area (Å²) in [5.41, 5.74) is 0.767. The van der Waals surface area contributed by atoms with E-state index in [4.69, 9.17) is 23.2 Å². The number of hydrogen-bond acceptors (Lipinski definition) is 2. The van der Waals surface area contributed by atoms with Gasteiger partial charge in [0.15, 0.2) is 23.3 Å². The van der Waals surface area contributed by atoms with Crippen LogP contribution in [0.3, 0.4) is 0 Å². The molecular weight excluding hydrogens is 350 g/mol. The lowest BCUT2D eigenvalue weighted by Crippen LogP contribution is -2.06. The van der Waals surface area contributed by atoms with Gasteiger partial charge in [0.2, 0.25) is 5.82 Å². The fraction of sp³-hybridized carbons (Fsp3) is 0. The van der Waals surface area contributed by atoms with Gasteiger partial charge in [0.05, 0.1) is 16.3 Å². The molecule has 0 spiro atoms. The molecule has 0 bridgehead atoms. The molecule has 0 saturated heterocycles. The second-order valence-electron chi connectivity index (χ2n) is 3.96. The van der Waals surface area contributed by atoms with Gasteiger partial charge in [-0.05, 0) is 6.07 Å². The summed E-state index contributed by atoms with van der Waals surface area (Å²) in [6, 6.07) is 4.52. The third kappa shape index (κ3) is 3.00. The number of rotatable bonds is 3. The van der Waals surface area contributed by atoms with Gasteiger partial charge in [0.1, 0.15) is 5.69 Å². The molecule has 2 rings (SSSR count). The lowest BCUT2D eigenvalue weighted by atomic mass is 10.2. The molecule has 0 fully saturated rings. The normalized spacial score (nSPS) is 11.2. The van der Waals surface area contributed by atoms with Gasteiger partial charge >= 0.3 is 0 Å². The Morgan fingerprint density at radius 2 is 1.41 bits per heavy atom. The number of hydrogen-bond donors (Lipinski definition) is 1. The van der Waals surface area contributed by atoms with E-state index in [1.807, 2.05) is 0 Å². The molecule has 0 aliphatic heterocycles. The van der Waals surface area contributed by atoms with Crippen molar-refractivity contribution in [3.05, 3.63) is 62.9 Å². The van der Waals surface area contributed by atoms with Crippen molar-refractivity contribution in [2.24, 2.45) is 5.10 Å². The van der Waals surface area contributed by atoms with Gasteiger partial charge < -0.3 is 0 Å². The first-order valence-electron chi connectivity index (χ1n) is 5.59. The number of nitrogens with one attached hydrogen (secondary N) is 1. The van der Waals surface area contributed by atoms with Gasteiger partial charge in [0, 0.05) is 5.56 Å². The molecule has 9 heteroatoms. The number of anilines is 1. The molecule has 0 aromatic heterocycles. The Labute approximate surface area is 131 Å². The van der Waals surface area contributed by atoms with Gasteiger partial charge in [-0.3, -0.25) is 5.43 Å². The van der Waals surface area contributed by atoms with Gasteiger partial charge in [-0.15, -0.1) is 0 Å². The smallest absolute Gasteiger partial charge is 0.200 e. The van der Waals surface area contributed by atoms with Gasteiger partial charge in [-0.25, -0.2) is 22.0 Å². The van der Waals surface area contributed by atoms with Crippen molar-refractivity contribution >= 4 is 35.1 Å². The molecule has 2 aromatic carbocycles. The molecule has 22 heavy (non-hydrogen) atoms. The molecule has 0 amide bonds. The molecule has 0 heterocycles. The zero-order valence-corrected chi connectivity index (χ0v) is 11.9. The maximum absolute atomic E-state index is 13.4. The van der Waals surface area contributed by atoms with Crippen molar-refractivity contribution in [3.63, 3.8) is 0 Å². The topological polar surface area (TPSA) is 24.4 Å². The second-order valence-corrected chi connectivity index (χ2v) is 4.74. The first kappa shape index (κ1) is 16.5. The van der Waals surface area contributed by atoms with Crippen LogP contribution in [0.15, 0.2) is 23.3 Å². The summed E-state index contributed by atoms with van der Waals surface area (Å²) in [4.78, 5) is 0. The minimum absolute atomic E-state index is 0.118. The molecule has 0 aliphatic carbocycles. The van der Waals surface area contributed by atoms with Crippen molar-refractivity contribution in [1.29, 1.82) is 0 Å². The Morgan fingerprint density at radius 1 is 0.864 bits per heavy atom. The SMILES string of the molecule is Fc1c(F)c(F)c(N/N=C\c2cccc(Cl)c2Cl)c(F)c1F. The molecule has 0 saturated carbocycles. The Kier molecular flexibility index (Phi) is 4.87. The Morgan fingerprint density at radius 3 is 2.00 bits per heavy atom. The van der Waals surface area contributed by atoms with E-state index in [1.165, 1.54) is 18.2 Å². The number of halogens is 7. The molecule has 0 atom stereocenters. The average Bonchev–Trinajstić information content (AvgIpc) is 2.50. The highest BCUT2D eigenvalue weighted by Gasteiger charge is 2.25. The standard InChI is InChI=1S/C13H5Cl2F5N2/c14-6-3-1-2-5(7(6)15)4-21-22-13-11(19)9(17)8(16)10(18)12(13)20/h1-4,22H/b21-4-. The van der Waals surface area contributed by atoms with E-state index in [1.54, 1.807) is 5.43 Å². The van der Waals surface area contributed by atoms with Crippen molar-refractivity contribution in [2.75, 3.05) is 5.43 Å². The third-order valence-electron chi connectivity index (χ3n) is 2.57. The first-order valence-corrected chi connectivity index (χ1v) is 6.34. The molecule has 2 aromatic rings. The predicted octanol–water partition coefficient (Wildman–Crippen LogP) is 5.13. The van der Waals surface area contributed by atoms with Crippen molar-refractivity contribution < 1.29 is 22.0 Å². The Hall–Kier alpha value is -1.86. The van der Waals surface area contributed by atoms with Gasteiger partial charge in [-0.1, -0.05) is 35.3 Å². The lowest BCUT2D eigenvalue weighted by Gasteiger charge is -2.07. The van der Waals surface area contributed by atoms with Crippen LogP contribution in [-0.4, -0.2) is 6.21 Å². The van der Waals surface area contributed by atoms with Gasteiger partial charge in [-0.2, -0.15) is 5.10 Å². The van der Waals surface area contributed by atoms with Crippen LogP contribution >= 0.6 is 23.2 Å². The summed E-state index contributed by atoms with van der Waals surface area (Å²) in [6.07, 6.45) is 1.02. The fourth-order valence-electron chi connectivity index (χ4n) is 1.49. The maximum atomic E-state index is 13.4. The Balaban J connectivity index is 2.33. The minimum Gasteiger partial charge on any atom is -0.272 e. The zero-order valence-electron chi connectivity index (χ0n) is 10.4. The summed E-state index contributed by atoms with van der Waals surface area (Å²) in [6.45, 7) is 0. The van der Waals surface area contributed by atoms with Crippen LogP contribution in [0.5, 0.6) is 0 Å². The van der Waals surface area contributed by atoms with E-state index in [9.17, 15) is 22.0 Å². The lowest BCUT2D eigenvalue weighted by molar-refractivity contribution is 0.381. The van der Waals surface area contributed by atoms with Crippen LogP contribution < -0.4 is 5.43 Å². The highest BCUT2D eigenvalue weighted by molar-refractivity contribution is 6.43. The average molecular weight is 355 g/mol. The molecule has 2 nitrogen and oxygen atoms in total. The third-order valence-corrected chi connectivity index (χ3v) is 3.40. The molecule has 1 N–H and O–H groups in total. The minimum atomic E-state index is -2.25. The summed E-state index contributed by atoms with van der Waals surface area (Å²) < 4.78 is 65.5. The van der Waals surface area contributed by atoms with E-state index in [0.717, 1.165) is 6.21 Å². The molecule has 0 unspecified atom stereocenters. The van der Waals surface area contributed by atoms with Crippen LogP contribution in [0.2, 0.25) is 10.0 Å². The van der Waals surface area contributed by atoms with E-state index in [-0.39, 0.29) is 15.6 Å². The maximum Gasteiger partial charge on any atom is 0.200 e. The summed E-state index contributed by atoms with van der Waals surface area (Å²) in [7, 11) is 0. The molecular formula is C13H5Cl2F5N2. The number of nitrogens with zero attached hydrogens (tertiary/aromatic N) is 1. The first-order chi connectivity index (χ1) is 10.3. The monoisotopic (exact) mass is 354 g/mol. The van der Waals surface area contributed by atoms with Gasteiger partial charge in [0.25, 0.3) is 0 Å². The van der Waals surface area contributed by atoms with Crippen LogP contribution in [0.25, 0.3) is 0 Å². The van der Waals surface area contributed by atoms with Crippen LogP contribution in [0.1, 0.15) is 5.56 Å². The van der Waals surface area contributed by atoms with E-state index < -0.39 is 34.8 Å². The van der Waals surface area contributed by atoms with Crippen molar-refractivity contribution in [3.8, 4) is 0 Å². The molecule has 0 radical (unpaired) electrons. The molecule has 0 aliphatic rings. The van der Waals surface area contributed by atoms with Crippen molar-refractivity contribution in [2.45, 2.75) is 0 Å². The quantitative estimate of drug-likeness (QED) is 0.267. The fourth-order valence-corrected chi connectivity index (χ4v) is 1.85. The van der Waals surface area contributed by atoms with Crippen LogP contribution in [0.4, 0.5) is 27.6 Å². The summed E-state index contributed by atoms with van der Waals surface area (Å²) in [5.74, 6) is -10.4. The van der Waals surface area contributed by atoms with Crippen LogP contribution in [-0.2, 0) is 0 Å². The highest BCUT2D eigenvalue weighted by Crippen LogP contribution is 2.27. The van der Waals surface area contributed by atoms with E-state index in [2.05, 4.69) is 5.10 Å². The van der Waals surface area contributed by atoms with E-state index in [0.29, 0.717) is 0 Å². The number of hydrazone groups is 1. The highest BCUT2D eigenvalue weighted by atomic mass is 35.5. The largest absolute Gasteiger partial charge is 0.272 e. The predicted molar refractivity (Wildman–Crippen MR) is 73.9 cm³/mol. The second kappa shape index (κ2) is 6.50. The number of benzene rings is 2. The zero-order chi connectivity index (χ0) is 16.4.